The van der Waals surface area contributed by atoms with E-state index in [0.717, 1.165) is 23.1 Å². The summed E-state index contributed by atoms with van der Waals surface area (Å²) in [7, 11) is 0. The van der Waals surface area contributed by atoms with Gasteiger partial charge in [0.15, 0.2) is 11.7 Å². The van der Waals surface area contributed by atoms with Gasteiger partial charge >= 0.3 is 6.18 Å². The van der Waals surface area contributed by atoms with Gasteiger partial charge in [0, 0.05) is 25.1 Å². The molecule has 5 nitrogen and oxygen atoms in total. The fourth-order valence-corrected chi connectivity index (χ4v) is 3.12. The van der Waals surface area contributed by atoms with Gasteiger partial charge in [-0.1, -0.05) is 13.8 Å². The second-order valence-electron chi connectivity index (χ2n) is 6.21. The zero-order chi connectivity index (χ0) is 18.9. The summed E-state index contributed by atoms with van der Waals surface area (Å²) >= 11 is 0.951. The Kier molecular flexibility index (Phi) is 9.20. The van der Waals surface area contributed by atoms with Crippen molar-refractivity contribution >= 4 is 17.3 Å². The third-order valence-corrected chi connectivity index (χ3v) is 4.29. The maximum absolute atomic E-state index is 12.6. The van der Waals surface area contributed by atoms with Gasteiger partial charge in [-0.3, -0.25) is 0 Å². The van der Waals surface area contributed by atoms with E-state index in [2.05, 4.69) is 34.5 Å². The van der Waals surface area contributed by atoms with Crippen molar-refractivity contribution in [1.29, 1.82) is 0 Å². The van der Waals surface area contributed by atoms with E-state index in [1.54, 1.807) is 0 Å². The number of thiazole rings is 1. The number of alkyl halides is 3. The van der Waals surface area contributed by atoms with Crippen molar-refractivity contribution in [2.45, 2.75) is 46.3 Å². The first-order chi connectivity index (χ1) is 11.8. The van der Waals surface area contributed by atoms with Crippen molar-refractivity contribution in [3.8, 4) is 0 Å². The summed E-state index contributed by atoms with van der Waals surface area (Å²) in [6, 6.07) is 0. The molecule has 3 N–H and O–H groups in total. The molecular weight excluding hydrogens is 353 g/mol. The molecule has 9 heteroatoms. The number of aliphatic imine (C=N–C) groups is 1. The molecule has 0 aliphatic rings. The molecule has 144 valence electrons. The molecule has 0 aromatic carbocycles. The van der Waals surface area contributed by atoms with Crippen LogP contribution in [-0.2, 0) is 12.7 Å². The molecule has 1 aromatic rings. The summed E-state index contributed by atoms with van der Waals surface area (Å²) < 4.78 is 37.7. The summed E-state index contributed by atoms with van der Waals surface area (Å²) in [5, 5.41) is 16.8. The quantitative estimate of drug-likeness (QED) is 0.454. The van der Waals surface area contributed by atoms with Crippen LogP contribution in [-0.4, -0.2) is 35.7 Å². The van der Waals surface area contributed by atoms with E-state index in [1.165, 1.54) is 0 Å². The molecule has 0 aliphatic carbocycles. The van der Waals surface area contributed by atoms with E-state index in [4.69, 9.17) is 5.11 Å². The third-order valence-electron chi connectivity index (χ3n) is 3.46. The van der Waals surface area contributed by atoms with Crippen LogP contribution < -0.4 is 10.6 Å². The number of nitrogens with zero attached hydrogens (tertiary/aromatic N) is 2. The third kappa shape index (κ3) is 8.53. The zero-order valence-electron chi connectivity index (χ0n) is 14.9. The van der Waals surface area contributed by atoms with Gasteiger partial charge in [0.25, 0.3) is 0 Å². The summed E-state index contributed by atoms with van der Waals surface area (Å²) in [5.74, 6) is 1.37. The Balaban J connectivity index is 2.65. The number of halogens is 3. The number of hydrogen-bond donors (Lipinski definition) is 3. The van der Waals surface area contributed by atoms with Crippen molar-refractivity contribution in [1.82, 2.24) is 15.6 Å². The van der Waals surface area contributed by atoms with Gasteiger partial charge in [0.1, 0.15) is 5.01 Å². The van der Waals surface area contributed by atoms with Crippen LogP contribution in [0.2, 0.25) is 0 Å². The van der Waals surface area contributed by atoms with Crippen LogP contribution in [0.5, 0.6) is 0 Å². The normalized spacial score (nSPS) is 14.0. The lowest BCUT2D eigenvalue weighted by Crippen LogP contribution is -2.40. The number of nitrogens with one attached hydrogen (secondary N) is 2. The second-order valence-corrected chi connectivity index (χ2v) is 7.15. The summed E-state index contributed by atoms with van der Waals surface area (Å²) in [4.78, 5) is 7.88. The first-order valence-corrected chi connectivity index (χ1v) is 9.28. The van der Waals surface area contributed by atoms with E-state index in [0.29, 0.717) is 42.3 Å². The molecular formula is C16H27F3N4OS. The Labute approximate surface area is 150 Å². The average Bonchev–Trinajstić information content (AvgIpc) is 2.98. The monoisotopic (exact) mass is 380 g/mol. The highest BCUT2D eigenvalue weighted by Gasteiger charge is 2.33. The van der Waals surface area contributed by atoms with E-state index in [1.807, 2.05) is 6.92 Å². The van der Waals surface area contributed by atoms with Crippen LogP contribution in [0.1, 0.15) is 44.3 Å². The van der Waals surface area contributed by atoms with E-state index in [9.17, 15) is 13.2 Å². The van der Waals surface area contributed by atoms with Crippen molar-refractivity contribution in [3.05, 3.63) is 16.1 Å². The highest BCUT2D eigenvalue weighted by molar-refractivity contribution is 7.09. The van der Waals surface area contributed by atoms with Crippen LogP contribution in [0.3, 0.4) is 0 Å². The van der Waals surface area contributed by atoms with Crippen molar-refractivity contribution in [2.24, 2.45) is 16.8 Å². The van der Waals surface area contributed by atoms with Crippen LogP contribution in [0.25, 0.3) is 0 Å². The molecule has 0 amide bonds. The summed E-state index contributed by atoms with van der Waals surface area (Å²) in [6.45, 7) is 7.69. The van der Waals surface area contributed by atoms with Gasteiger partial charge < -0.3 is 15.7 Å². The lowest BCUT2D eigenvalue weighted by molar-refractivity contribution is -0.140. The van der Waals surface area contributed by atoms with Crippen LogP contribution >= 0.6 is 11.3 Å². The standard InChI is InChI=1S/C16H27F3N4OS/c1-4-20-15(21-8-12(5-6-24)7-11(2)3)22-9-14-23-13(10-25-14)16(17,18)19/h10-12,24H,4-9H2,1-3H3,(H2,20,21,22). The SMILES string of the molecule is CCNC(=NCc1nc(C(F)(F)F)cs1)NCC(CCO)CC(C)C. The number of aliphatic hydroxyl groups is 1. The lowest BCUT2D eigenvalue weighted by atomic mass is 9.94. The molecule has 0 fully saturated rings. The van der Waals surface area contributed by atoms with Gasteiger partial charge in [0.05, 0.1) is 6.54 Å². The maximum Gasteiger partial charge on any atom is 0.434 e. The molecule has 1 atom stereocenters. The molecule has 1 rings (SSSR count). The second kappa shape index (κ2) is 10.6. The van der Waals surface area contributed by atoms with E-state index in [-0.39, 0.29) is 13.2 Å². The Morgan fingerprint density at radius 2 is 2.08 bits per heavy atom. The molecule has 1 heterocycles. The number of guanidine groups is 1. The van der Waals surface area contributed by atoms with Crippen molar-refractivity contribution in [3.63, 3.8) is 0 Å². The average molecular weight is 380 g/mol. The largest absolute Gasteiger partial charge is 0.434 e. The number of rotatable bonds is 9. The summed E-state index contributed by atoms with van der Waals surface area (Å²) in [6.07, 6.45) is -2.74. The molecule has 0 saturated heterocycles. The molecule has 0 bridgehead atoms. The lowest BCUT2D eigenvalue weighted by Gasteiger charge is -2.20. The first-order valence-electron chi connectivity index (χ1n) is 8.40. The van der Waals surface area contributed by atoms with Crippen LogP contribution in [0.4, 0.5) is 13.2 Å². The number of aliphatic hydroxyl groups excluding tert-OH is 1. The predicted molar refractivity (Wildman–Crippen MR) is 94.6 cm³/mol. The highest BCUT2D eigenvalue weighted by Crippen LogP contribution is 2.30. The number of aromatic nitrogens is 1. The Morgan fingerprint density at radius 1 is 1.36 bits per heavy atom. The summed E-state index contributed by atoms with van der Waals surface area (Å²) in [5.41, 5.74) is -0.874. The van der Waals surface area contributed by atoms with Gasteiger partial charge in [0.2, 0.25) is 0 Å². The minimum absolute atomic E-state index is 0.0882. The molecule has 1 unspecified atom stereocenters. The van der Waals surface area contributed by atoms with Gasteiger partial charge in [-0.2, -0.15) is 13.2 Å². The molecule has 0 aliphatic heterocycles. The fraction of sp³-hybridized carbons (Fsp3) is 0.750. The van der Waals surface area contributed by atoms with Crippen LogP contribution in [0.15, 0.2) is 10.4 Å². The van der Waals surface area contributed by atoms with Crippen LogP contribution in [0, 0.1) is 11.8 Å². The molecule has 25 heavy (non-hydrogen) atoms. The minimum Gasteiger partial charge on any atom is -0.396 e. The van der Waals surface area contributed by atoms with E-state index >= 15 is 0 Å². The minimum atomic E-state index is -4.42. The topological polar surface area (TPSA) is 69.5 Å². The molecule has 0 saturated carbocycles. The maximum atomic E-state index is 12.6. The van der Waals surface area contributed by atoms with E-state index < -0.39 is 11.9 Å². The zero-order valence-corrected chi connectivity index (χ0v) is 15.7. The smallest absolute Gasteiger partial charge is 0.396 e. The number of hydrogen-bond acceptors (Lipinski definition) is 4. The Bertz CT molecular complexity index is 532. The fourth-order valence-electron chi connectivity index (χ4n) is 2.40. The van der Waals surface area contributed by atoms with Gasteiger partial charge in [-0.15, -0.1) is 11.3 Å². The predicted octanol–water partition coefficient (Wildman–Crippen LogP) is 3.26. The molecule has 1 aromatic heterocycles. The Hall–Kier alpha value is -1.35. The molecule has 0 spiro atoms. The Morgan fingerprint density at radius 3 is 2.60 bits per heavy atom. The van der Waals surface area contributed by atoms with Gasteiger partial charge in [-0.25, -0.2) is 9.98 Å². The highest BCUT2D eigenvalue weighted by atomic mass is 32.1. The molecule has 0 radical (unpaired) electrons. The van der Waals surface area contributed by atoms with Crippen molar-refractivity contribution in [2.75, 3.05) is 19.7 Å². The van der Waals surface area contributed by atoms with Gasteiger partial charge in [-0.05, 0) is 31.6 Å². The van der Waals surface area contributed by atoms with Crippen molar-refractivity contribution < 1.29 is 18.3 Å². The first kappa shape index (κ1) is 21.7.